The van der Waals surface area contributed by atoms with Gasteiger partial charge in [0.15, 0.2) is 0 Å². The Morgan fingerprint density at radius 3 is 2.76 bits per heavy atom. The third-order valence-corrected chi connectivity index (χ3v) is 4.09. The van der Waals surface area contributed by atoms with E-state index in [0.29, 0.717) is 36.9 Å². The molecule has 1 aliphatic heterocycles. The highest BCUT2D eigenvalue weighted by Crippen LogP contribution is 2.18. The van der Waals surface area contributed by atoms with Crippen molar-refractivity contribution in [3.8, 4) is 5.75 Å². The van der Waals surface area contributed by atoms with E-state index < -0.39 is 0 Å². The predicted octanol–water partition coefficient (Wildman–Crippen LogP) is 2.34. The minimum atomic E-state index is -0.117. The molecule has 0 unspecified atom stereocenters. The zero-order valence-corrected chi connectivity index (χ0v) is 15.5. The molecule has 1 fully saturated rings. The van der Waals surface area contributed by atoms with Gasteiger partial charge in [-0.3, -0.25) is 9.59 Å². The summed E-state index contributed by atoms with van der Waals surface area (Å²) in [6.07, 6.45) is 3.89. The standard InChI is InChI=1S/C18H27N3O3.ClH/c1-14(22)21-16-3-2-4-17(13-16)24-12-11-20-18(23)6-5-15-7-9-19-10-8-15;/h2-4,13,15,19H,5-12H2,1H3,(H,20,23)(H,21,22);1H. The van der Waals surface area contributed by atoms with E-state index in [1.165, 1.54) is 19.8 Å². The number of piperidine rings is 1. The highest BCUT2D eigenvalue weighted by Gasteiger charge is 2.14. The number of halogens is 1. The molecule has 0 radical (unpaired) electrons. The maximum absolute atomic E-state index is 11.8. The number of nitrogens with one attached hydrogen (secondary N) is 3. The summed E-state index contributed by atoms with van der Waals surface area (Å²) in [7, 11) is 0. The molecule has 0 spiro atoms. The normalized spacial score (nSPS) is 14.3. The Labute approximate surface area is 155 Å². The van der Waals surface area contributed by atoms with Gasteiger partial charge < -0.3 is 20.7 Å². The number of carbonyl (C=O) groups excluding carboxylic acids is 2. The number of hydrogen-bond donors (Lipinski definition) is 3. The summed E-state index contributed by atoms with van der Waals surface area (Å²) < 4.78 is 5.60. The summed E-state index contributed by atoms with van der Waals surface area (Å²) in [6, 6.07) is 7.21. The molecule has 25 heavy (non-hydrogen) atoms. The van der Waals surface area contributed by atoms with Crippen LogP contribution in [-0.2, 0) is 9.59 Å². The van der Waals surface area contributed by atoms with Gasteiger partial charge in [-0.1, -0.05) is 6.07 Å². The lowest BCUT2D eigenvalue weighted by Crippen LogP contribution is -2.30. The van der Waals surface area contributed by atoms with Gasteiger partial charge in [0.05, 0.1) is 6.54 Å². The quantitative estimate of drug-likeness (QED) is 0.614. The fourth-order valence-electron chi connectivity index (χ4n) is 2.82. The van der Waals surface area contributed by atoms with Gasteiger partial charge in [-0.05, 0) is 50.4 Å². The molecule has 2 rings (SSSR count). The molecule has 0 aliphatic carbocycles. The molecule has 140 valence electrons. The van der Waals surface area contributed by atoms with Crippen molar-refractivity contribution in [1.29, 1.82) is 0 Å². The first kappa shape index (κ1) is 21.3. The Morgan fingerprint density at radius 2 is 2.04 bits per heavy atom. The third kappa shape index (κ3) is 8.74. The molecule has 1 saturated heterocycles. The Hall–Kier alpha value is -1.79. The average Bonchev–Trinajstić information content (AvgIpc) is 2.58. The zero-order valence-electron chi connectivity index (χ0n) is 14.7. The fraction of sp³-hybridized carbons (Fsp3) is 0.556. The second kappa shape index (κ2) is 11.7. The van der Waals surface area contributed by atoms with Crippen molar-refractivity contribution in [3.63, 3.8) is 0 Å². The largest absolute Gasteiger partial charge is 0.492 e. The first-order valence-electron chi connectivity index (χ1n) is 8.61. The van der Waals surface area contributed by atoms with Crippen LogP contribution in [0.4, 0.5) is 5.69 Å². The van der Waals surface area contributed by atoms with Crippen LogP contribution in [-0.4, -0.2) is 38.1 Å². The van der Waals surface area contributed by atoms with Crippen LogP contribution >= 0.6 is 12.4 Å². The van der Waals surface area contributed by atoms with Crippen LogP contribution in [0.5, 0.6) is 5.75 Å². The minimum Gasteiger partial charge on any atom is -0.492 e. The monoisotopic (exact) mass is 369 g/mol. The van der Waals surface area contributed by atoms with Gasteiger partial charge in [-0.15, -0.1) is 12.4 Å². The van der Waals surface area contributed by atoms with Gasteiger partial charge in [-0.2, -0.15) is 0 Å². The number of ether oxygens (including phenoxy) is 1. The average molecular weight is 370 g/mol. The van der Waals surface area contributed by atoms with Crippen LogP contribution in [0, 0.1) is 5.92 Å². The molecular formula is C18H28ClN3O3. The van der Waals surface area contributed by atoms with Crippen LogP contribution < -0.4 is 20.7 Å². The van der Waals surface area contributed by atoms with Gasteiger partial charge in [0.25, 0.3) is 0 Å². The van der Waals surface area contributed by atoms with E-state index in [1.807, 2.05) is 12.1 Å². The molecule has 1 aromatic carbocycles. The molecule has 0 atom stereocenters. The molecule has 0 bridgehead atoms. The van der Waals surface area contributed by atoms with E-state index in [2.05, 4.69) is 16.0 Å². The summed E-state index contributed by atoms with van der Waals surface area (Å²) in [4.78, 5) is 22.9. The van der Waals surface area contributed by atoms with Crippen molar-refractivity contribution >= 4 is 29.9 Å². The lowest BCUT2D eigenvalue weighted by atomic mass is 9.93. The molecule has 1 aliphatic rings. The highest BCUT2D eigenvalue weighted by atomic mass is 35.5. The second-order valence-corrected chi connectivity index (χ2v) is 6.14. The van der Waals surface area contributed by atoms with Crippen LogP contribution in [0.3, 0.4) is 0 Å². The molecule has 2 amide bonds. The Kier molecular flexibility index (Phi) is 9.96. The van der Waals surface area contributed by atoms with Crippen molar-refractivity contribution in [1.82, 2.24) is 10.6 Å². The second-order valence-electron chi connectivity index (χ2n) is 6.14. The number of rotatable bonds is 8. The molecule has 1 aromatic rings. The number of carbonyl (C=O) groups is 2. The first-order valence-corrected chi connectivity index (χ1v) is 8.61. The highest BCUT2D eigenvalue weighted by molar-refractivity contribution is 5.88. The van der Waals surface area contributed by atoms with Crippen molar-refractivity contribution in [2.45, 2.75) is 32.6 Å². The van der Waals surface area contributed by atoms with Gasteiger partial charge in [0.1, 0.15) is 12.4 Å². The van der Waals surface area contributed by atoms with E-state index >= 15 is 0 Å². The van der Waals surface area contributed by atoms with E-state index in [4.69, 9.17) is 4.74 Å². The number of hydrogen-bond acceptors (Lipinski definition) is 4. The minimum absolute atomic E-state index is 0. The predicted molar refractivity (Wildman–Crippen MR) is 101 cm³/mol. The summed E-state index contributed by atoms with van der Waals surface area (Å²) in [5.41, 5.74) is 0.700. The molecule has 7 heteroatoms. The molecule has 6 nitrogen and oxygen atoms in total. The smallest absolute Gasteiger partial charge is 0.221 e. The number of anilines is 1. The van der Waals surface area contributed by atoms with Crippen LogP contribution in [0.2, 0.25) is 0 Å². The molecule has 3 N–H and O–H groups in total. The van der Waals surface area contributed by atoms with Crippen molar-refractivity contribution in [2.75, 3.05) is 31.6 Å². The molecular weight excluding hydrogens is 342 g/mol. The summed E-state index contributed by atoms with van der Waals surface area (Å²) in [5, 5.41) is 8.93. The van der Waals surface area contributed by atoms with E-state index in [0.717, 1.165) is 19.5 Å². The van der Waals surface area contributed by atoms with Gasteiger partial charge in [0, 0.05) is 25.1 Å². The van der Waals surface area contributed by atoms with E-state index in [1.54, 1.807) is 12.1 Å². The Bertz CT molecular complexity index is 548. The summed E-state index contributed by atoms with van der Waals surface area (Å²) >= 11 is 0. The first-order chi connectivity index (χ1) is 11.6. The van der Waals surface area contributed by atoms with Crippen molar-refractivity contribution in [2.24, 2.45) is 5.92 Å². The molecule has 1 heterocycles. The zero-order chi connectivity index (χ0) is 17.2. The molecule has 0 saturated carbocycles. The fourth-order valence-corrected chi connectivity index (χ4v) is 2.82. The van der Waals surface area contributed by atoms with E-state index in [9.17, 15) is 9.59 Å². The number of benzene rings is 1. The Balaban J connectivity index is 0.00000312. The maximum atomic E-state index is 11.8. The third-order valence-electron chi connectivity index (χ3n) is 4.09. The van der Waals surface area contributed by atoms with Gasteiger partial charge in [0.2, 0.25) is 11.8 Å². The van der Waals surface area contributed by atoms with Crippen molar-refractivity contribution in [3.05, 3.63) is 24.3 Å². The number of amides is 2. The Morgan fingerprint density at radius 1 is 1.28 bits per heavy atom. The lowest BCUT2D eigenvalue weighted by molar-refractivity contribution is -0.121. The van der Waals surface area contributed by atoms with Crippen LogP contribution in [0.15, 0.2) is 24.3 Å². The van der Waals surface area contributed by atoms with Crippen LogP contribution in [0.25, 0.3) is 0 Å². The topological polar surface area (TPSA) is 79.5 Å². The summed E-state index contributed by atoms with van der Waals surface area (Å²) in [6.45, 7) is 4.49. The van der Waals surface area contributed by atoms with E-state index in [-0.39, 0.29) is 24.2 Å². The van der Waals surface area contributed by atoms with Crippen LogP contribution in [0.1, 0.15) is 32.6 Å². The summed E-state index contributed by atoms with van der Waals surface area (Å²) in [5.74, 6) is 1.31. The van der Waals surface area contributed by atoms with Gasteiger partial charge in [-0.25, -0.2) is 0 Å². The van der Waals surface area contributed by atoms with Gasteiger partial charge >= 0.3 is 0 Å². The SMILES string of the molecule is CC(=O)Nc1cccc(OCCNC(=O)CCC2CCNCC2)c1.Cl. The maximum Gasteiger partial charge on any atom is 0.221 e. The lowest BCUT2D eigenvalue weighted by Gasteiger charge is -2.22. The molecule has 0 aromatic heterocycles. The van der Waals surface area contributed by atoms with Crippen molar-refractivity contribution < 1.29 is 14.3 Å².